The first kappa shape index (κ1) is 15.0. The molecule has 0 saturated carbocycles. The van der Waals surface area contributed by atoms with Gasteiger partial charge in [-0.05, 0) is 32.9 Å². The molecule has 0 aliphatic rings. The molecule has 1 aromatic carbocycles. The van der Waals surface area contributed by atoms with Crippen molar-refractivity contribution in [1.82, 2.24) is 5.32 Å². The van der Waals surface area contributed by atoms with Crippen molar-refractivity contribution in [3.63, 3.8) is 0 Å². The maximum atomic E-state index is 13.0. The molecule has 104 valence electrons. The fourth-order valence-corrected chi connectivity index (χ4v) is 1.31. The van der Waals surface area contributed by atoms with Crippen molar-refractivity contribution in [2.45, 2.75) is 32.4 Å². The molecule has 6 nitrogen and oxygen atoms in total. The third-order valence-corrected chi connectivity index (χ3v) is 2.88. The summed E-state index contributed by atoms with van der Waals surface area (Å²) in [6.07, 6.45) is -0.851. The fourth-order valence-electron chi connectivity index (χ4n) is 1.31. The molecule has 7 heteroatoms. The number of aliphatic hydroxyl groups excluding tert-OH is 1. The Labute approximate surface area is 109 Å². The van der Waals surface area contributed by atoms with Gasteiger partial charge in [0.25, 0.3) is 11.6 Å². The van der Waals surface area contributed by atoms with E-state index in [1.165, 1.54) is 6.92 Å². The highest BCUT2D eigenvalue weighted by molar-refractivity contribution is 5.98. The third kappa shape index (κ3) is 3.47. The van der Waals surface area contributed by atoms with E-state index in [-0.39, 0.29) is 5.56 Å². The van der Waals surface area contributed by atoms with Crippen LogP contribution in [0, 0.1) is 15.9 Å². The highest BCUT2D eigenvalue weighted by Gasteiger charge is 2.29. The molecule has 1 rings (SSSR count). The summed E-state index contributed by atoms with van der Waals surface area (Å²) in [4.78, 5) is 21.9. The number of halogens is 1. The Morgan fingerprint density at radius 1 is 1.53 bits per heavy atom. The van der Waals surface area contributed by atoms with Crippen LogP contribution < -0.4 is 5.32 Å². The molecule has 0 radical (unpaired) electrons. The number of amides is 1. The van der Waals surface area contributed by atoms with E-state index in [2.05, 4.69) is 5.32 Å². The van der Waals surface area contributed by atoms with Crippen LogP contribution in [-0.4, -0.2) is 27.6 Å². The van der Waals surface area contributed by atoms with E-state index in [1.807, 2.05) is 0 Å². The molecule has 1 aromatic rings. The molecule has 0 aromatic heterocycles. The van der Waals surface area contributed by atoms with Crippen LogP contribution in [0.15, 0.2) is 18.2 Å². The van der Waals surface area contributed by atoms with Gasteiger partial charge < -0.3 is 10.4 Å². The Balaban J connectivity index is 3.10. The average Bonchev–Trinajstić information content (AvgIpc) is 2.27. The first-order valence-electron chi connectivity index (χ1n) is 5.59. The molecule has 1 atom stereocenters. The summed E-state index contributed by atoms with van der Waals surface area (Å²) in [5.41, 5.74) is -1.82. The van der Waals surface area contributed by atoms with Crippen LogP contribution in [0.3, 0.4) is 0 Å². The number of aliphatic hydroxyl groups is 1. The van der Waals surface area contributed by atoms with Crippen molar-refractivity contribution in [3.05, 3.63) is 39.7 Å². The summed E-state index contributed by atoms with van der Waals surface area (Å²) in [5, 5.41) is 22.7. The van der Waals surface area contributed by atoms with Crippen LogP contribution in [0.25, 0.3) is 0 Å². The summed E-state index contributed by atoms with van der Waals surface area (Å²) in [7, 11) is 0. The molecule has 0 heterocycles. The summed E-state index contributed by atoms with van der Waals surface area (Å²) >= 11 is 0. The number of nitro groups is 1. The molecule has 0 saturated heterocycles. The van der Waals surface area contributed by atoms with E-state index in [0.29, 0.717) is 6.07 Å². The number of hydrogen-bond acceptors (Lipinski definition) is 4. The largest absolute Gasteiger partial charge is 0.391 e. The van der Waals surface area contributed by atoms with Crippen molar-refractivity contribution >= 4 is 11.6 Å². The van der Waals surface area contributed by atoms with E-state index in [1.54, 1.807) is 13.8 Å². The van der Waals surface area contributed by atoms with E-state index < -0.39 is 34.0 Å². The number of carbonyl (C=O) groups is 1. The zero-order chi connectivity index (χ0) is 14.8. The van der Waals surface area contributed by atoms with Gasteiger partial charge in [0.1, 0.15) is 11.4 Å². The number of benzene rings is 1. The number of nitrogens with one attached hydrogen (secondary N) is 1. The van der Waals surface area contributed by atoms with Crippen molar-refractivity contribution in [2.24, 2.45) is 0 Å². The monoisotopic (exact) mass is 270 g/mol. The summed E-state index contributed by atoms with van der Waals surface area (Å²) in [6, 6.07) is 2.70. The molecular formula is C12H15FN2O4. The number of carbonyl (C=O) groups excluding carboxylic acids is 1. The van der Waals surface area contributed by atoms with Crippen LogP contribution in [0.1, 0.15) is 31.1 Å². The fraction of sp³-hybridized carbons (Fsp3) is 0.417. The minimum Gasteiger partial charge on any atom is -0.391 e. The first-order valence-corrected chi connectivity index (χ1v) is 5.59. The zero-order valence-corrected chi connectivity index (χ0v) is 10.8. The first-order chi connectivity index (χ1) is 8.65. The SMILES string of the molecule is CC(O)C(C)(C)NC(=O)c1ccc(F)cc1[N+](=O)[O-]. The van der Waals surface area contributed by atoms with Crippen LogP contribution in [0.5, 0.6) is 0 Å². The molecule has 0 aliphatic carbocycles. The van der Waals surface area contributed by atoms with Crippen molar-refractivity contribution in [2.75, 3.05) is 0 Å². The molecule has 0 spiro atoms. The van der Waals surface area contributed by atoms with E-state index in [4.69, 9.17) is 0 Å². The molecule has 0 aliphatic heterocycles. The van der Waals surface area contributed by atoms with Gasteiger partial charge in [0, 0.05) is 0 Å². The predicted molar refractivity (Wildman–Crippen MR) is 66.3 cm³/mol. The molecule has 0 fully saturated rings. The Hall–Kier alpha value is -2.02. The highest BCUT2D eigenvalue weighted by atomic mass is 19.1. The lowest BCUT2D eigenvalue weighted by Crippen LogP contribution is -2.51. The van der Waals surface area contributed by atoms with E-state index in [0.717, 1.165) is 12.1 Å². The second-order valence-corrected chi connectivity index (χ2v) is 4.77. The van der Waals surface area contributed by atoms with Gasteiger partial charge in [-0.15, -0.1) is 0 Å². The molecular weight excluding hydrogens is 255 g/mol. The second-order valence-electron chi connectivity index (χ2n) is 4.77. The van der Waals surface area contributed by atoms with Crippen molar-refractivity contribution in [3.8, 4) is 0 Å². The topological polar surface area (TPSA) is 92.5 Å². The minimum atomic E-state index is -0.959. The number of nitro benzene ring substituents is 1. The highest BCUT2D eigenvalue weighted by Crippen LogP contribution is 2.21. The smallest absolute Gasteiger partial charge is 0.285 e. The number of rotatable bonds is 4. The lowest BCUT2D eigenvalue weighted by Gasteiger charge is -2.29. The Bertz CT molecular complexity index is 514. The van der Waals surface area contributed by atoms with Gasteiger partial charge in [-0.2, -0.15) is 0 Å². The maximum absolute atomic E-state index is 13.0. The van der Waals surface area contributed by atoms with Crippen LogP contribution in [0.4, 0.5) is 10.1 Å². The number of nitrogens with zero attached hydrogens (tertiary/aromatic N) is 1. The van der Waals surface area contributed by atoms with Gasteiger partial charge in [-0.25, -0.2) is 4.39 Å². The Morgan fingerprint density at radius 2 is 2.11 bits per heavy atom. The van der Waals surface area contributed by atoms with Crippen LogP contribution in [-0.2, 0) is 0 Å². The summed E-state index contributed by atoms with van der Waals surface area (Å²) < 4.78 is 13.0. The maximum Gasteiger partial charge on any atom is 0.285 e. The van der Waals surface area contributed by atoms with Gasteiger partial charge in [0.15, 0.2) is 0 Å². The van der Waals surface area contributed by atoms with Crippen molar-refractivity contribution < 1.29 is 19.2 Å². The summed E-state index contributed by atoms with van der Waals surface area (Å²) in [5.74, 6) is -1.53. The number of hydrogen-bond donors (Lipinski definition) is 2. The van der Waals surface area contributed by atoms with Gasteiger partial charge >= 0.3 is 0 Å². The standard InChI is InChI=1S/C12H15FN2O4/c1-7(16)12(2,3)14-11(17)9-5-4-8(13)6-10(9)15(18)19/h4-7,16H,1-3H3,(H,14,17). The second kappa shape index (κ2) is 5.31. The van der Waals surface area contributed by atoms with E-state index >= 15 is 0 Å². The van der Waals surface area contributed by atoms with Crippen LogP contribution in [0.2, 0.25) is 0 Å². The van der Waals surface area contributed by atoms with Gasteiger partial charge in [-0.3, -0.25) is 14.9 Å². The average molecular weight is 270 g/mol. The minimum absolute atomic E-state index is 0.250. The van der Waals surface area contributed by atoms with Gasteiger partial charge in [0.05, 0.1) is 22.6 Å². The quantitative estimate of drug-likeness (QED) is 0.642. The normalized spacial score (nSPS) is 12.9. The van der Waals surface area contributed by atoms with Gasteiger partial charge in [-0.1, -0.05) is 0 Å². The molecule has 19 heavy (non-hydrogen) atoms. The lowest BCUT2D eigenvalue weighted by molar-refractivity contribution is -0.385. The summed E-state index contributed by atoms with van der Waals surface area (Å²) in [6.45, 7) is 4.63. The Morgan fingerprint density at radius 3 is 2.58 bits per heavy atom. The van der Waals surface area contributed by atoms with Gasteiger partial charge in [0.2, 0.25) is 0 Å². The molecule has 1 unspecified atom stereocenters. The molecule has 0 bridgehead atoms. The third-order valence-electron chi connectivity index (χ3n) is 2.88. The zero-order valence-electron chi connectivity index (χ0n) is 10.8. The lowest BCUT2D eigenvalue weighted by atomic mass is 9.98. The predicted octanol–water partition coefficient (Wildman–Crippen LogP) is 1.62. The molecule has 1 amide bonds. The Kier molecular flexibility index (Phi) is 4.21. The van der Waals surface area contributed by atoms with Crippen LogP contribution >= 0.6 is 0 Å². The van der Waals surface area contributed by atoms with Crippen molar-refractivity contribution in [1.29, 1.82) is 0 Å². The molecule has 2 N–H and O–H groups in total. The van der Waals surface area contributed by atoms with E-state index in [9.17, 15) is 24.4 Å².